The van der Waals surface area contributed by atoms with Crippen LogP contribution < -0.4 is 0 Å². The third-order valence-corrected chi connectivity index (χ3v) is 5.22. The van der Waals surface area contributed by atoms with Gasteiger partial charge in [-0.05, 0) is 43.2 Å². The largest absolute Gasteiger partial charge is 0.461 e. The van der Waals surface area contributed by atoms with Gasteiger partial charge in [-0.25, -0.2) is 0 Å². The molecule has 2 aromatic heterocycles. The maximum absolute atomic E-state index is 5.58. The van der Waals surface area contributed by atoms with Crippen LogP contribution in [0.3, 0.4) is 0 Å². The van der Waals surface area contributed by atoms with Gasteiger partial charge in [0.15, 0.2) is 10.9 Å². The van der Waals surface area contributed by atoms with Crippen molar-refractivity contribution in [3.8, 4) is 17.3 Å². The average Bonchev–Trinajstić information content (AvgIpc) is 3.31. The number of aromatic nitrogens is 3. The van der Waals surface area contributed by atoms with E-state index >= 15 is 0 Å². The molecule has 0 saturated heterocycles. The number of thioether (sulfide) groups is 1. The van der Waals surface area contributed by atoms with Gasteiger partial charge < -0.3 is 4.42 Å². The van der Waals surface area contributed by atoms with Crippen LogP contribution in [-0.2, 0) is 5.75 Å². The maximum Gasteiger partial charge on any atom is 0.205 e. The summed E-state index contributed by atoms with van der Waals surface area (Å²) in [6.07, 6.45) is 1.66. The maximum atomic E-state index is 5.58. The average molecular weight is 361 g/mol. The molecule has 0 amide bonds. The van der Waals surface area contributed by atoms with Crippen LogP contribution >= 0.6 is 11.8 Å². The molecule has 0 atom stereocenters. The van der Waals surface area contributed by atoms with Gasteiger partial charge in [0, 0.05) is 5.75 Å². The Labute approximate surface area is 156 Å². The first-order chi connectivity index (χ1) is 12.7. The lowest BCUT2D eigenvalue weighted by molar-refractivity contribution is 0.575. The van der Waals surface area contributed by atoms with Crippen molar-refractivity contribution in [1.29, 1.82) is 0 Å². The monoisotopic (exact) mass is 361 g/mol. The molecule has 2 heterocycles. The van der Waals surface area contributed by atoms with Crippen molar-refractivity contribution >= 4 is 11.8 Å². The molecule has 130 valence electrons. The molecule has 4 aromatic rings. The van der Waals surface area contributed by atoms with E-state index < -0.39 is 0 Å². The first kappa shape index (κ1) is 16.7. The van der Waals surface area contributed by atoms with Gasteiger partial charge in [-0.15, -0.1) is 10.2 Å². The van der Waals surface area contributed by atoms with Crippen LogP contribution in [0.5, 0.6) is 0 Å². The summed E-state index contributed by atoms with van der Waals surface area (Å²) in [6.45, 7) is 4.19. The van der Waals surface area contributed by atoms with Gasteiger partial charge >= 0.3 is 0 Å². The van der Waals surface area contributed by atoms with Gasteiger partial charge in [-0.3, -0.25) is 4.57 Å². The second-order valence-corrected chi connectivity index (χ2v) is 7.12. The van der Waals surface area contributed by atoms with E-state index in [1.807, 2.05) is 24.3 Å². The third kappa shape index (κ3) is 3.30. The Bertz CT molecular complexity index is 1000. The number of benzene rings is 2. The van der Waals surface area contributed by atoms with E-state index in [0.29, 0.717) is 5.76 Å². The van der Waals surface area contributed by atoms with E-state index in [9.17, 15) is 0 Å². The molecule has 0 aliphatic heterocycles. The topological polar surface area (TPSA) is 43.9 Å². The molecule has 0 radical (unpaired) electrons. The van der Waals surface area contributed by atoms with Crippen LogP contribution in [0.1, 0.15) is 16.7 Å². The van der Waals surface area contributed by atoms with Gasteiger partial charge in [0.1, 0.15) is 0 Å². The third-order valence-electron chi connectivity index (χ3n) is 4.22. The summed E-state index contributed by atoms with van der Waals surface area (Å²) in [6, 6.07) is 20.6. The lowest BCUT2D eigenvalue weighted by Gasteiger charge is -2.11. The first-order valence-electron chi connectivity index (χ1n) is 8.46. The Balaban J connectivity index is 1.73. The molecule has 4 rings (SSSR count). The van der Waals surface area contributed by atoms with E-state index in [2.05, 4.69) is 65.0 Å². The Kier molecular flexibility index (Phi) is 4.63. The van der Waals surface area contributed by atoms with Crippen molar-refractivity contribution in [1.82, 2.24) is 14.8 Å². The molecule has 0 bridgehead atoms. The first-order valence-corrected chi connectivity index (χ1v) is 9.44. The highest BCUT2D eigenvalue weighted by atomic mass is 32.2. The second-order valence-electron chi connectivity index (χ2n) is 6.18. The molecule has 26 heavy (non-hydrogen) atoms. The minimum atomic E-state index is 0.711. The van der Waals surface area contributed by atoms with E-state index in [1.54, 1.807) is 18.0 Å². The molecular formula is C21H19N3OS. The predicted molar refractivity (Wildman–Crippen MR) is 105 cm³/mol. The van der Waals surface area contributed by atoms with Gasteiger partial charge in [0.05, 0.1) is 12.0 Å². The number of nitrogens with zero attached hydrogens (tertiary/aromatic N) is 3. The normalized spacial score (nSPS) is 11.0. The van der Waals surface area contributed by atoms with E-state index in [4.69, 9.17) is 4.42 Å². The number of furan rings is 1. The van der Waals surface area contributed by atoms with Gasteiger partial charge in [-0.1, -0.05) is 59.8 Å². The highest BCUT2D eigenvalue weighted by Crippen LogP contribution is 2.31. The Hall–Kier alpha value is -2.79. The van der Waals surface area contributed by atoms with Crippen LogP contribution in [-0.4, -0.2) is 14.8 Å². The van der Waals surface area contributed by atoms with Crippen molar-refractivity contribution in [2.75, 3.05) is 0 Å². The minimum Gasteiger partial charge on any atom is -0.461 e. The standard InChI is InChI=1S/C21H19N3OS/c1-15-9-11-17(12-10-15)14-26-21-23-22-20(19-8-5-13-25-19)24(21)18-7-4-3-6-16(18)2/h3-13H,14H2,1-2H3. The number of hydrogen-bond donors (Lipinski definition) is 0. The fourth-order valence-corrected chi connectivity index (χ4v) is 3.69. The van der Waals surface area contributed by atoms with Gasteiger partial charge in [0.25, 0.3) is 0 Å². The predicted octanol–water partition coefficient (Wildman–Crippen LogP) is 5.44. The van der Waals surface area contributed by atoms with Crippen molar-refractivity contribution in [2.45, 2.75) is 24.8 Å². The molecule has 4 nitrogen and oxygen atoms in total. The van der Waals surface area contributed by atoms with Crippen LogP contribution in [0.2, 0.25) is 0 Å². The lowest BCUT2D eigenvalue weighted by atomic mass is 10.2. The Morgan fingerprint density at radius 3 is 2.46 bits per heavy atom. The molecule has 0 aliphatic rings. The summed E-state index contributed by atoms with van der Waals surface area (Å²) >= 11 is 1.68. The molecule has 0 N–H and O–H groups in total. The number of aryl methyl sites for hydroxylation is 2. The summed E-state index contributed by atoms with van der Waals surface area (Å²) in [7, 11) is 0. The van der Waals surface area contributed by atoms with E-state index in [0.717, 1.165) is 28.0 Å². The molecular weight excluding hydrogens is 342 g/mol. The van der Waals surface area contributed by atoms with Crippen LogP contribution in [0.4, 0.5) is 0 Å². The second kappa shape index (κ2) is 7.22. The number of hydrogen-bond acceptors (Lipinski definition) is 4. The lowest BCUT2D eigenvalue weighted by Crippen LogP contribution is -2.01. The molecule has 0 saturated carbocycles. The quantitative estimate of drug-likeness (QED) is 0.444. The fraction of sp³-hybridized carbons (Fsp3) is 0.143. The highest BCUT2D eigenvalue weighted by Gasteiger charge is 2.19. The smallest absolute Gasteiger partial charge is 0.205 e. The summed E-state index contributed by atoms with van der Waals surface area (Å²) in [5, 5.41) is 9.69. The van der Waals surface area contributed by atoms with E-state index in [-0.39, 0.29) is 0 Å². The van der Waals surface area contributed by atoms with Crippen LogP contribution in [0.15, 0.2) is 76.5 Å². The molecule has 0 spiro atoms. The SMILES string of the molecule is Cc1ccc(CSc2nnc(-c3ccco3)n2-c2ccccc2C)cc1. The number of para-hydroxylation sites is 1. The number of rotatable bonds is 5. The zero-order chi connectivity index (χ0) is 17.9. The summed E-state index contributed by atoms with van der Waals surface area (Å²) in [5.41, 5.74) is 4.76. The zero-order valence-corrected chi connectivity index (χ0v) is 15.5. The molecule has 2 aromatic carbocycles. The zero-order valence-electron chi connectivity index (χ0n) is 14.7. The summed E-state index contributed by atoms with van der Waals surface area (Å²) in [5.74, 6) is 2.27. The molecule has 5 heteroatoms. The van der Waals surface area contributed by atoms with Crippen LogP contribution in [0.25, 0.3) is 17.3 Å². The van der Waals surface area contributed by atoms with Crippen molar-refractivity contribution in [3.05, 3.63) is 83.6 Å². The highest BCUT2D eigenvalue weighted by molar-refractivity contribution is 7.98. The Morgan fingerprint density at radius 2 is 1.73 bits per heavy atom. The van der Waals surface area contributed by atoms with Crippen LogP contribution in [0, 0.1) is 13.8 Å². The van der Waals surface area contributed by atoms with Crippen molar-refractivity contribution in [3.63, 3.8) is 0 Å². The Morgan fingerprint density at radius 1 is 0.923 bits per heavy atom. The van der Waals surface area contributed by atoms with E-state index in [1.165, 1.54) is 11.1 Å². The van der Waals surface area contributed by atoms with Crippen molar-refractivity contribution < 1.29 is 4.42 Å². The molecule has 0 unspecified atom stereocenters. The van der Waals surface area contributed by atoms with Gasteiger partial charge in [-0.2, -0.15) is 0 Å². The molecule has 0 aliphatic carbocycles. The minimum absolute atomic E-state index is 0.711. The van der Waals surface area contributed by atoms with Crippen molar-refractivity contribution in [2.24, 2.45) is 0 Å². The summed E-state index contributed by atoms with van der Waals surface area (Å²) in [4.78, 5) is 0. The fourth-order valence-electron chi connectivity index (χ4n) is 2.79. The van der Waals surface area contributed by atoms with Gasteiger partial charge in [0.2, 0.25) is 5.82 Å². The molecule has 0 fully saturated rings. The summed E-state index contributed by atoms with van der Waals surface area (Å²) < 4.78 is 7.65.